The third-order valence-electron chi connectivity index (χ3n) is 4.63. The Kier molecular flexibility index (Phi) is 5.53. The number of anilines is 2. The molecule has 2 atom stereocenters. The van der Waals surface area contributed by atoms with E-state index in [0.29, 0.717) is 0 Å². The number of carbonyl (C=O) groups excluding carboxylic acids is 1. The van der Waals surface area contributed by atoms with Crippen LogP contribution in [0.2, 0.25) is 0 Å². The number of halogens is 1. The van der Waals surface area contributed by atoms with Crippen LogP contribution in [-0.4, -0.2) is 17.0 Å². The summed E-state index contributed by atoms with van der Waals surface area (Å²) in [6.07, 6.45) is 1.77. The van der Waals surface area contributed by atoms with Crippen LogP contribution >= 0.6 is 15.9 Å². The van der Waals surface area contributed by atoms with Crippen molar-refractivity contribution in [2.45, 2.75) is 17.4 Å². The van der Waals surface area contributed by atoms with Crippen LogP contribution in [0.1, 0.15) is 17.2 Å². The van der Waals surface area contributed by atoms with Crippen LogP contribution in [0.25, 0.3) is 0 Å². The number of alkyl halides is 1. The van der Waals surface area contributed by atoms with Gasteiger partial charge in [0.1, 0.15) is 12.3 Å². The van der Waals surface area contributed by atoms with Crippen LogP contribution in [0.5, 0.6) is 0 Å². The van der Waals surface area contributed by atoms with Gasteiger partial charge in [-0.05, 0) is 41.8 Å². The number of hydrazone groups is 1. The number of fused-ring (bicyclic) bond motifs is 1. The van der Waals surface area contributed by atoms with E-state index in [-0.39, 0.29) is 10.9 Å². The van der Waals surface area contributed by atoms with E-state index in [9.17, 15) is 4.79 Å². The fourth-order valence-corrected chi connectivity index (χ4v) is 4.07. The second-order valence-electron chi connectivity index (χ2n) is 6.50. The minimum atomic E-state index is -0.469. The summed E-state index contributed by atoms with van der Waals surface area (Å²) in [6.45, 7) is 0. The Bertz CT molecular complexity index is 937. The Morgan fingerprint density at radius 1 is 0.929 bits per heavy atom. The summed E-state index contributed by atoms with van der Waals surface area (Å²) in [6, 6.07) is 27.4. The Balaban J connectivity index is 1.53. The van der Waals surface area contributed by atoms with Crippen LogP contribution in [0.15, 0.2) is 90.0 Å². The van der Waals surface area contributed by atoms with E-state index in [4.69, 9.17) is 4.74 Å². The Morgan fingerprint density at radius 2 is 1.50 bits per heavy atom. The maximum Gasteiger partial charge on any atom is 0.351 e. The lowest BCUT2D eigenvalue weighted by Crippen LogP contribution is -2.18. The molecule has 4 nitrogen and oxygen atoms in total. The number of ether oxygens (including phenoxy) is 1. The Hall–Kier alpha value is -2.92. The van der Waals surface area contributed by atoms with E-state index in [1.165, 1.54) is 11.8 Å². The van der Waals surface area contributed by atoms with E-state index < -0.39 is 5.97 Å². The molecule has 0 saturated carbocycles. The van der Waals surface area contributed by atoms with Crippen LogP contribution in [0.4, 0.5) is 11.4 Å². The number of carbonyl (C=O) groups is 1. The molecule has 0 heterocycles. The number of hydrogen-bond donors (Lipinski definition) is 0. The number of rotatable bonds is 5. The zero-order valence-corrected chi connectivity index (χ0v) is 16.7. The van der Waals surface area contributed by atoms with E-state index in [0.717, 1.165) is 23.4 Å². The molecule has 0 spiro atoms. The highest BCUT2D eigenvalue weighted by molar-refractivity contribution is 9.09. The van der Waals surface area contributed by atoms with Gasteiger partial charge >= 0.3 is 5.97 Å². The minimum Gasteiger partial charge on any atom is -0.452 e. The molecule has 0 aliphatic heterocycles. The first-order valence-corrected chi connectivity index (χ1v) is 10.0. The van der Waals surface area contributed by atoms with Gasteiger partial charge in [-0.25, -0.2) is 9.80 Å². The molecule has 28 heavy (non-hydrogen) atoms. The molecule has 0 bridgehead atoms. The molecule has 4 rings (SSSR count). The van der Waals surface area contributed by atoms with Crippen molar-refractivity contribution in [1.82, 2.24) is 0 Å². The average Bonchev–Trinajstić information content (AvgIpc) is 3.05. The zero-order valence-electron chi connectivity index (χ0n) is 15.1. The smallest absolute Gasteiger partial charge is 0.351 e. The summed E-state index contributed by atoms with van der Waals surface area (Å²) < 4.78 is 5.71. The van der Waals surface area contributed by atoms with Gasteiger partial charge in [0.05, 0.1) is 16.2 Å². The van der Waals surface area contributed by atoms with Gasteiger partial charge in [0, 0.05) is 0 Å². The van der Waals surface area contributed by atoms with Gasteiger partial charge in [0.25, 0.3) is 0 Å². The summed E-state index contributed by atoms with van der Waals surface area (Å²) in [7, 11) is 0. The number of hydrogen-bond acceptors (Lipinski definition) is 4. The van der Waals surface area contributed by atoms with Crippen LogP contribution in [-0.2, 0) is 16.0 Å². The monoisotopic (exact) mass is 434 g/mol. The summed E-state index contributed by atoms with van der Waals surface area (Å²) >= 11 is 3.64. The molecule has 0 N–H and O–H groups in total. The lowest BCUT2D eigenvalue weighted by Gasteiger charge is -2.19. The molecule has 5 heteroatoms. The van der Waals surface area contributed by atoms with Crippen molar-refractivity contribution in [3.8, 4) is 0 Å². The molecule has 0 radical (unpaired) electrons. The van der Waals surface area contributed by atoms with Gasteiger partial charge in [-0.15, -0.1) is 0 Å². The van der Waals surface area contributed by atoms with Gasteiger partial charge in [-0.1, -0.05) is 76.6 Å². The summed E-state index contributed by atoms with van der Waals surface area (Å²) in [5.41, 5.74) is 3.98. The van der Waals surface area contributed by atoms with Crippen LogP contribution in [0.3, 0.4) is 0 Å². The molecule has 0 amide bonds. The molecule has 0 unspecified atom stereocenters. The van der Waals surface area contributed by atoms with Crippen molar-refractivity contribution in [1.29, 1.82) is 0 Å². The summed E-state index contributed by atoms with van der Waals surface area (Å²) in [5.74, 6) is -0.469. The number of para-hydroxylation sites is 2. The molecular weight excluding hydrogens is 416 g/mol. The number of esters is 1. The third-order valence-corrected chi connectivity index (χ3v) is 5.43. The van der Waals surface area contributed by atoms with E-state index >= 15 is 0 Å². The van der Waals surface area contributed by atoms with Crippen molar-refractivity contribution < 1.29 is 9.53 Å². The molecule has 0 fully saturated rings. The normalized spacial score (nSPS) is 18.0. The van der Waals surface area contributed by atoms with Gasteiger partial charge in [0.15, 0.2) is 0 Å². The summed E-state index contributed by atoms with van der Waals surface area (Å²) in [4.78, 5) is 12.6. The molecule has 3 aromatic carbocycles. The largest absolute Gasteiger partial charge is 0.452 e. The first-order chi connectivity index (χ1) is 13.7. The molecule has 1 aliphatic carbocycles. The van der Waals surface area contributed by atoms with Crippen molar-refractivity contribution >= 4 is 39.5 Å². The second kappa shape index (κ2) is 8.40. The van der Waals surface area contributed by atoms with Gasteiger partial charge < -0.3 is 4.74 Å². The van der Waals surface area contributed by atoms with E-state index in [1.54, 1.807) is 5.01 Å². The SMILES string of the molecule is O=C(/C=N/N(c1ccccc1)c1ccccc1)O[C@H]1c2ccccc2C[C@@H]1Br. The maximum absolute atomic E-state index is 12.5. The van der Waals surface area contributed by atoms with Gasteiger partial charge in [0.2, 0.25) is 0 Å². The Labute approximate surface area is 172 Å². The highest BCUT2D eigenvalue weighted by atomic mass is 79.9. The molecular formula is C23H19BrN2O2. The van der Waals surface area contributed by atoms with E-state index in [2.05, 4.69) is 27.1 Å². The topological polar surface area (TPSA) is 41.9 Å². The highest BCUT2D eigenvalue weighted by Gasteiger charge is 2.33. The zero-order chi connectivity index (χ0) is 19.3. The fourth-order valence-electron chi connectivity index (χ4n) is 3.33. The Morgan fingerprint density at radius 3 is 2.14 bits per heavy atom. The molecule has 140 valence electrons. The fraction of sp³-hybridized carbons (Fsp3) is 0.130. The van der Waals surface area contributed by atoms with Crippen LogP contribution in [0, 0.1) is 0 Å². The minimum absolute atomic E-state index is 0.0709. The highest BCUT2D eigenvalue weighted by Crippen LogP contribution is 2.38. The third kappa shape index (κ3) is 3.99. The lowest BCUT2D eigenvalue weighted by molar-refractivity contribution is -0.140. The predicted molar refractivity (Wildman–Crippen MR) is 115 cm³/mol. The first kappa shape index (κ1) is 18.4. The first-order valence-electron chi connectivity index (χ1n) is 9.09. The van der Waals surface area contributed by atoms with Crippen molar-refractivity contribution in [3.05, 3.63) is 96.1 Å². The molecule has 3 aromatic rings. The summed E-state index contributed by atoms with van der Waals surface area (Å²) in [5, 5.41) is 6.12. The van der Waals surface area contributed by atoms with Crippen molar-refractivity contribution in [2.24, 2.45) is 5.10 Å². The quantitative estimate of drug-likeness (QED) is 0.233. The second-order valence-corrected chi connectivity index (χ2v) is 7.68. The standard InChI is InChI=1S/C23H19BrN2O2/c24-21-15-17-9-7-8-14-20(17)23(21)28-22(27)16-25-26(18-10-3-1-4-11-18)19-12-5-2-6-13-19/h1-14,16,21,23H,15H2/b25-16+/t21-,23-/m0/s1. The maximum atomic E-state index is 12.5. The van der Waals surface area contributed by atoms with Crippen LogP contribution < -0.4 is 5.01 Å². The molecule has 0 aromatic heterocycles. The van der Waals surface area contributed by atoms with Gasteiger partial charge in [-0.2, -0.15) is 5.10 Å². The molecule has 0 saturated heterocycles. The number of nitrogens with zero attached hydrogens (tertiary/aromatic N) is 2. The van der Waals surface area contributed by atoms with E-state index in [1.807, 2.05) is 78.9 Å². The predicted octanol–water partition coefficient (Wildman–Crippen LogP) is 5.41. The average molecular weight is 435 g/mol. The lowest BCUT2D eigenvalue weighted by atomic mass is 10.1. The van der Waals surface area contributed by atoms with Crippen molar-refractivity contribution in [2.75, 3.05) is 5.01 Å². The van der Waals surface area contributed by atoms with Gasteiger partial charge in [-0.3, -0.25) is 0 Å². The number of benzene rings is 3. The molecule has 1 aliphatic rings. The van der Waals surface area contributed by atoms with Crippen molar-refractivity contribution in [3.63, 3.8) is 0 Å².